The monoisotopic (exact) mass is 442 g/mol. The van der Waals surface area contributed by atoms with E-state index < -0.39 is 0 Å². The third-order valence-electron chi connectivity index (χ3n) is 6.01. The molecule has 0 spiro atoms. The lowest BCUT2D eigenvalue weighted by molar-refractivity contribution is -0.120. The van der Waals surface area contributed by atoms with E-state index in [1.807, 2.05) is 26.8 Å². The smallest absolute Gasteiger partial charge is 0.341 e. The number of aryl methyl sites for hydroxylation is 3. The molecule has 7 nitrogen and oxygen atoms in total. The topological polar surface area (TPSA) is 84.4 Å². The third-order valence-corrected chi connectivity index (χ3v) is 7.21. The molecule has 2 aliphatic rings. The number of thiophene rings is 1. The molecule has 0 aromatic carbocycles. The van der Waals surface area contributed by atoms with Gasteiger partial charge in [0.1, 0.15) is 5.00 Å². The molecule has 0 unspecified atom stereocenters. The first-order valence-corrected chi connectivity index (χ1v) is 12.0. The van der Waals surface area contributed by atoms with Crippen molar-refractivity contribution in [3.8, 4) is 0 Å². The Morgan fingerprint density at radius 1 is 1.16 bits per heavy atom. The number of ether oxygens (including phenoxy) is 1. The summed E-state index contributed by atoms with van der Waals surface area (Å²) in [6.45, 7) is 7.57. The van der Waals surface area contributed by atoms with Crippen LogP contribution < -0.4 is 10.2 Å². The van der Waals surface area contributed by atoms with Crippen LogP contribution in [0.2, 0.25) is 0 Å². The summed E-state index contributed by atoms with van der Waals surface area (Å²) in [5.41, 5.74) is 3.56. The summed E-state index contributed by atoms with van der Waals surface area (Å²) in [5, 5.41) is 3.74. The maximum atomic E-state index is 13.1. The molecule has 3 heterocycles. The molecule has 0 saturated carbocycles. The predicted molar refractivity (Wildman–Crippen MR) is 122 cm³/mol. The van der Waals surface area contributed by atoms with Crippen LogP contribution in [0.25, 0.3) is 0 Å². The lowest BCUT2D eigenvalue weighted by Crippen LogP contribution is -2.39. The van der Waals surface area contributed by atoms with Gasteiger partial charge < -0.3 is 15.0 Å². The van der Waals surface area contributed by atoms with Gasteiger partial charge in [-0.05, 0) is 70.9 Å². The van der Waals surface area contributed by atoms with Crippen molar-refractivity contribution in [2.45, 2.75) is 59.3 Å². The molecule has 2 aromatic rings. The molecule has 0 atom stereocenters. The number of anilines is 2. The van der Waals surface area contributed by atoms with Gasteiger partial charge in [0.15, 0.2) is 0 Å². The summed E-state index contributed by atoms with van der Waals surface area (Å²) in [7, 11) is 0. The molecule has 1 aliphatic heterocycles. The standard InChI is InChI=1S/C23H30N4O3S/c1-4-30-22(29)19-17-7-5-6-8-18(17)31-21(19)26-20(28)16-9-11-27(12-10-16)23-24-14(2)13-15(3)25-23/h13,16H,4-12H2,1-3H3,(H,26,28). The van der Waals surface area contributed by atoms with Gasteiger partial charge in [0, 0.05) is 35.3 Å². The van der Waals surface area contributed by atoms with Gasteiger partial charge in [0.25, 0.3) is 0 Å². The van der Waals surface area contributed by atoms with Gasteiger partial charge >= 0.3 is 5.97 Å². The summed E-state index contributed by atoms with van der Waals surface area (Å²) in [4.78, 5) is 38.1. The Morgan fingerprint density at radius 3 is 2.52 bits per heavy atom. The Morgan fingerprint density at radius 2 is 1.84 bits per heavy atom. The maximum absolute atomic E-state index is 13.1. The number of nitrogens with one attached hydrogen (secondary N) is 1. The zero-order chi connectivity index (χ0) is 22.0. The van der Waals surface area contributed by atoms with E-state index in [4.69, 9.17) is 4.74 Å². The molecule has 0 radical (unpaired) electrons. The lowest BCUT2D eigenvalue weighted by atomic mass is 9.94. The molecule has 1 fully saturated rings. The van der Waals surface area contributed by atoms with Crippen LogP contribution in [0.5, 0.6) is 0 Å². The highest BCUT2D eigenvalue weighted by Crippen LogP contribution is 2.39. The number of hydrogen-bond acceptors (Lipinski definition) is 7. The van der Waals surface area contributed by atoms with Crippen LogP contribution in [0.15, 0.2) is 6.07 Å². The number of hydrogen-bond donors (Lipinski definition) is 1. The van der Waals surface area contributed by atoms with Gasteiger partial charge in [-0.3, -0.25) is 4.79 Å². The van der Waals surface area contributed by atoms with Gasteiger partial charge in [-0.25, -0.2) is 14.8 Å². The van der Waals surface area contributed by atoms with Gasteiger partial charge in [-0.2, -0.15) is 0 Å². The first-order chi connectivity index (χ1) is 15.0. The number of nitrogens with zero attached hydrogens (tertiary/aromatic N) is 3. The summed E-state index contributed by atoms with van der Waals surface area (Å²) in [6, 6.07) is 1.96. The molecule has 1 saturated heterocycles. The van der Waals surface area contributed by atoms with Crippen LogP contribution in [-0.2, 0) is 22.4 Å². The summed E-state index contributed by atoms with van der Waals surface area (Å²) < 4.78 is 5.30. The second kappa shape index (κ2) is 9.34. The highest BCUT2D eigenvalue weighted by atomic mass is 32.1. The first kappa shape index (κ1) is 21.7. The second-order valence-electron chi connectivity index (χ2n) is 8.34. The van der Waals surface area contributed by atoms with Crippen LogP contribution in [-0.4, -0.2) is 41.5 Å². The van der Waals surface area contributed by atoms with E-state index in [1.165, 1.54) is 4.88 Å². The quantitative estimate of drug-likeness (QED) is 0.703. The second-order valence-corrected chi connectivity index (χ2v) is 9.44. The molecule has 2 aromatic heterocycles. The van der Waals surface area contributed by atoms with Gasteiger partial charge in [0.05, 0.1) is 12.2 Å². The first-order valence-electron chi connectivity index (χ1n) is 11.2. The molecule has 1 N–H and O–H groups in total. The van der Waals surface area contributed by atoms with E-state index in [0.29, 0.717) is 17.2 Å². The highest BCUT2D eigenvalue weighted by Gasteiger charge is 2.31. The number of carbonyl (C=O) groups excluding carboxylic acids is 2. The minimum absolute atomic E-state index is 0.00913. The molecule has 1 aliphatic carbocycles. The Balaban J connectivity index is 1.44. The van der Waals surface area contributed by atoms with Crippen molar-refractivity contribution in [3.63, 3.8) is 0 Å². The Labute approximate surface area is 187 Å². The molecule has 166 valence electrons. The molecular formula is C23H30N4O3S. The van der Waals surface area contributed by atoms with Crippen LogP contribution in [0, 0.1) is 19.8 Å². The average Bonchev–Trinajstić information content (AvgIpc) is 3.11. The zero-order valence-electron chi connectivity index (χ0n) is 18.5. The molecular weight excluding hydrogens is 412 g/mol. The van der Waals surface area contributed by atoms with E-state index in [-0.39, 0.29) is 17.8 Å². The molecule has 0 bridgehead atoms. The number of amides is 1. The van der Waals surface area contributed by atoms with E-state index in [0.717, 1.165) is 74.5 Å². The molecule has 8 heteroatoms. The Kier molecular flexibility index (Phi) is 6.55. The van der Waals surface area contributed by atoms with Crippen molar-refractivity contribution < 1.29 is 14.3 Å². The summed E-state index contributed by atoms with van der Waals surface area (Å²) in [5.74, 6) is 0.326. The number of aromatic nitrogens is 2. The third kappa shape index (κ3) is 4.74. The van der Waals surface area contributed by atoms with Gasteiger partial charge in [-0.1, -0.05) is 0 Å². The Bertz CT molecular complexity index is 959. The minimum Gasteiger partial charge on any atom is -0.462 e. The summed E-state index contributed by atoms with van der Waals surface area (Å²) in [6.07, 6.45) is 5.52. The van der Waals surface area contributed by atoms with E-state index in [1.54, 1.807) is 11.3 Å². The van der Waals surface area contributed by atoms with Crippen molar-refractivity contribution in [2.24, 2.45) is 5.92 Å². The number of carbonyl (C=O) groups is 2. The zero-order valence-corrected chi connectivity index (χ0v) is 19.3. The van der Waals surface area contributed by atoms with E-state index in [9.17, 15) is 9.59 Å². The number of esters is 1. The van der Waals surface area contributed by atoms with Gasteiger partial charge in [-0.15, -0.1) is 11.3 Å². The number of piperidine rings is 1. The van der Waals surface area contributed by atoms with Crippen molar-refractivity contribution in [1.29, 1.82) is 0 Å². The maximum Gasteiger partial charge on any atom is 0.341 e. The number of rotatable bonds is 5. The minimum atomic E-state index is -0.320. The summed E-state index contributed by atoms with van der Waals surface area (Å²) >= 11 is 1.55. The van der Waals surface area contributed by atoms with Crippen LogP contribution in [0.1, 0.15) is 64.8 Å². The normalized spacial score (nSPS) is 16.7. The van der Waals surface area contributed by atoms with E-state index in [2.05, 4.69) is 20.2 Å². The Hall–Kier alpha value is -2.48. The van der Waals surface area contributed by atoms with Crippen molar-refractivity contribution >= 4 is 34.2 Å². The average molecular weight is 443 g/mol. The fraction of sp³-hybridized carbons (Fsp3) is 0.565. The van der Waals surface area contributed by atoms with Crippen molar-refractivity contribution in [1.82, 2.24) is 9.97 Å². The van der Waals surface area contributed by atoms with Crippen LogP contribution in [0.3, 0.4) is 0 Å². The van der Waals surface area contributed by atoms with Crippen molar-refractivity contribution in [2.75, 3.05) is 29.9 Å². The highest BCUT2D eigenvalue weighted by molar-refractivity contribution is 7.17. The lowest BCUT2D eigenvalue weighted by Gasteiger charge is -2.31. The van der Waals surface area contributed by atoms with E-state index >= 15 is 0 Å². The molecule has 1 amide bonds. The largest absolute Gasteiger partial charge is 0.462 e. The fourth-order valence-corrected chi connectivity index (χ4v) is 5.76. The number of fused-ring (bicyclic) bond motifs is 1. The SMILES string of the molecule is CCOC(=O)c1c(NC(=O)C2CCN(c3nc(C)cc(C)n3)CC2)sc2c1CCCC2. The van der Waals surface area contributed by atoms with Gasteiger partial charge in [0.2, 0.25) is 11.9 Å². The fourth-order valence-electron chi connectivity index (χ4n) is 4.48. The molecule has 31 heavy (non-hydrogen) atoms. The predicted octanol–water partition coefficient (Wildman–Crippen LogP) is 4.07. The van der Waals surface area contributed by atoms with Crippen LogP contribution in [0.4, 0.5) is 10.9 Å². The van der Waals surface area contributed by atoms with Crippen LogP contribution >= 0.6 is 11.3 Å². The molecule has 4 rings (SSSR count). The van der Waals surface area contributed by atoms with Crippen molar-refractivity contribution in [3.05, 3.63) is 33.5 Å².